The van der Waals surface area contributed by atoms with Gasteiger partial charge in [0.2, 0.25) is 5.91 Å². The van der Waals surface area contributed by atoms with Crippen molar-refractivity contribution in [1.82, 2.24) is 4.90 Å². The standard InChI is InChI=1S/C15H21ClN2O2/c1-18(14(19)15(17)7-2-3-8-15)9-10-20-13-6-4-5-12(16)11-13/h4-6,11H,2-3,7-10,17H2,1H3. The molecule has 0 aliphatic heterocycles. The van der Waals surface area contributed by atoms with Crippen molar-refractivity contribution in [3.8, 4) is 5.75 Å². The van der Waals surface area contributed by atoms with Crippen molar-refractivity contribution in [3.05, 3.63) is 29.3 Å². The summed E-state index contributed by atoms with van der Waals surface area (Å²) in [7, 11) is 1.77. The van der Waals surface area contributed by atoms with Gasteiger partial charge in [-0.3, -0.25) is 4.79 Å². The molecule has 0 atom stereocenters. The third-order valence-electron chi connectivity index (χ3n) is 3.76. The molecule has 20 heavy (non-hydrogen) atoms. The minimum absolute atomic E-state index is 0.0182. The van der Waals surface area contributed by atoms with Gasteiger partial charge in [-0.05, 0) is 31.0 Å². The quantitative estimate of drug-likeness (QED) is 0.908. The molecule has 5 heteroatoms. The molecule has 0 saturated heterocycles. The average Bonchev–Trinajstić information content (AvgIpc) is 2.86. The summed E-state index contributed by atoms with van der Waals surface area (Å²) >= 11 is 5.88. The van der Waals surface area contributed by atoms with Crippen LogP contribution >= 0.6 is 11.6 Å². The highest BCUT2D eigenvalue weighted by Gasteiger charge is 2.38. The number of halogens is 1. The smallest absolute Gasteiger partial charge is 0.242 e. The second-order valence-corrected chi connectivity index (χ2v) is 5.83. The molecule has 1 aromatic carbocycles. The summed E-state index contributed by atoms with van der Waals surface area (Å²) in [5.41, 5.74) is 5.49. The molecule has 0 heterocycles. The van der Waals surface area contributed by atoms with Crippen molar-refractivity contribution >= 4 is 17.5 Å². The van der Waals surface area contributed by atoms with Crippen LogP contribution in [0, 0.1) is 0 Å². The Kier molecular flexibility index (Phi) is 4.89. The summed E-state index contributed by atoms with van der Waals surface area (Å²) in [6.45, 7) is 0.947. The molecule has 0 unspecified atom stereocenters. The summed E-state index contributed by atoms with van der Waals surface area (Å²) in [5, 5.41) is 0.638. The van der Waals surface area contributed by atoms with E-state index in [9.17, 15) is 4.79 Å². The lowest BCUT2D eigenvalue weighted by Gasteiger charge is -2.28. The van der Waals surface area contributed by atoms with Gasteiger partial charge in [-0.15, -0.1) is 0 Å². The lowest BCUT2D eigenvalue weighted by atomic mass is 9.97. The number of carbonyl (C=O) groups excluding carboxylic acids is 1. The Morgan fingerprint density at radius 1 is 1.45 bits per heavy atom. The number of hydrogen-bond acceptors (Lipinski definition) is 3. The minimum atomic E-state index is -0.662. The van der Waals surface area contributed by atoms with E-state index in [1.807, 2.05) is 12.1 Å². The van der Waals surface area contributed by atoms with E-state index in [0.717, 1.165) is 25.7 Å². The summed E-state index contributed by atoms with van der Waals surface area (Å²) in [6.07, 6.45) is 3.64. The molecular weight excluding hydrogens is 276 g/mol. The van der Waals surface area contributed by atoms with Gasteiger partial charge in [0, 0.05) is 12.1 Å². The van der Waals surface area contributed by atoms with Crippen molar-refractivity contribution in [3.63, 3.8) is 0 Å². The zero-order valence-electron chi connectivity index (χ0n) is 11.8. The predicted octanol–water partition coefficient (Wildman–Crippen LogP) is 2.45. The van der Waals surface area contributed by atoms with Gasteiger partial charge in [-0.25, -0.2) is 0 Å². The minimum Gasteiger partial charge on any atom is -0.492 e. The third-order valence-corrected chi connectivity index (χ3v) is 4.00. The molecule has 1 aliphatic rings. The van der Waals surface area contributed by atoms with E-state index in [0.29, 0.717) is 23.9 Å². The third kappa shape index (κ3) is 3.64. The van der Waals surface area contributed by atoms with Crippen LogP contribution in [0.1, 0.15) is 25.7 Å². The monoisotopic (exact) mass is 296 g/mol. The number of likely N-dealkylation sites (N-methyl/N-ethyl adjacent to an activating group) is 1. The van der Waals surface area contributed by atoms with Crippen LogP contribution in [0.3, 0.4) is 0 Å². The molecule has 1 amide bonds. The first-order valence-electron chi connectivity index (χ1n) is 6.94. The molecule has 0 aromatic heterocycles. The van der Waals surface area contributed by atoms with Crippen LogP contribution in [-0.4, -0.2) is 36.5 Å². The summed E-state index contributed by atoms with van der Waals surface area (Å²) in [4.78, 5) is 14.0. The molecule has 1 fully saturated rings. The molecule has 1 aliphatic carbocycles. The Labute approximate surface area is 124 Å². The van der Waals surface area contributed by atoms with Gasteiger partial charge in [-0.1, -0.05) is 30.5 Å². The van der Waals surface area contributed by atoms with Crippen LogP contribution in [0.5, 0.6) is 5.75 Å². The van der Waals surface area contributed by atoms with Crippen LogP contribution in [0.15, 0.2) is 24.3 Å². The molecule has 1 saturated carbocycles. The highest BCUT2D eigenvalue weighted by Crippen LogP contribution is 2.28. The van der Waals surface area contributed by atoms with Crippen molar-refractivity contribution < 1.29 is 9.53 Å². The van der Waals surface area contributed by atoms with Crippen molar-refractivity contribution in [2.24, 2.45) is 5.73 Å². The van der Waals surface area contributed by atoms with Crippen LogP contribution in [0.25, 0.3) is 0 Å². The number of nitrogens with zero attached hydrogens (tertiary/aromatic N) is 1. The highest BCUT2D eigenvalue weighted by molar-refractivity contribution is 6.30. The first-order chi connectivity index (χ1) is 9.51. The van der Waals surface area contributed by atoms with Crippen LogP contribution in [-0.2, 0) is 4.79 Å². The van der Waals surface area contributed by atoms with Gasteiger partial charge >= 0.3 is 0 Å². The van der Waals surface area contributed by atoms with E-state index in [1.54, 1.807) is 24.1 Å². The normalized spacial score (nSPS) is 16.9. The van der Waals surface area contributed by atoms with Gasteiger partial charge in [-0.2, -0.15) is 0 Å². The molecule has 1 aromatic rings. The zero-order chi connectivity index (χ0) is 14.6. The maximum Gasteiger partial charge on any atom is 0.242 e. The van der Waals surface area contributed by atoms with Crippen LogP contribution < -0.4 is 10.5 Å². The second-order valence-electron chi connectivity index (χ2n) is 5.40. The number of amides is 1. The van der Waals surface area contributed by atoms with E-state index in [-0.39, 0.29) is 5.91 Å². The number of ether oxygens (including phenoxy) is 1. The van der Waals surface area contributed by atoms with Gasteiger partial charge in [0.1, 0.15) is 12.4 Å². The maximum absolute atomic E-state index is 12.3. The predicted molar refractivity (Wildman–Crippen MR) is 80.0 cm³/mol. The van der Waals surface area contributed by atoms with E-state index < -0.39 is 5.54 Å². The lowest BCUT2D eigenvalue weighted by molar-refractivity contribution is -0.135. The van der Waals surface area contributed by atoms with Gasteiger partial charge in [0.25, 0.3) is 0 Å². The fourth-order valence-corrected chi connectivity index (χ4v) is 2.74. The van der Waals surface area contributed by atoms with Crippen LogP contribution in [0.2, 0.25) is 5.02 Å². The molecule has 0 bridgehead atoms. The topological polar surface area (TPSA) is 55.6 Å². The molecule has 110 valence electrons. The van der Waals surface area contributed by atoms with E-state index in [1.165, 1.54) is 0 Å². The molecule has 2 rings (SSSR count). The average molecular weight is 297 g/mol. The summed E-state index contributed by atoms with van der Waals surface area (Å²) in [5.74, 6) is 0.728. The molecule has 4 nitrogen and oxygen atoms in total. The van der Waals surface area contributed by atoms with Crippen molar-refractivity contribution in [1.29, 1.82) is 0 Å². The summed E-state index contributed by atoms with van der Waals surface area (Å²) < 4.78 is 5.58. The number of carbonyl (C=O) groups is 1. The number of benzene rings is 1. The molecule has 2 N–H and O–H groups in total. The van der Waals surface area contributed by atoms with Crippen molar-refractivity contribution in [2.45, 2.75) is 31.2 Å². The zero-order valence-corrected chi connectivity index (χ0v) is 12.5. The van der Waals surface area contributed by atoms with E-state index >= 15 is 0 Å². The maximum atomic E-state index is 12.3. The second kappa shape index (κ2) is 6.46. The SMILES string of the molecule is CN(CCOc1cccc(Cl)c1)C(=O)C1(N)CCCC1. The van der Waals surface area contributed by atoms with Gasteiger partial charge in [0.15, 0.2) is 0 Å². The number of nitrogens with two attached hydrogens (primary N) is 1. The fraction of sp³-hybridized carbons (Fsp3) is 0.533. The van der Waals surface area contributed by atoms with E-state index in [2.05, 4.69) is 0 Å². The first kappa shape index (κ1) is 15.1. The molecule has 0 spiro atoms. The van der Waals surface area contributed by atoms with Gasteiger partial charge < -0.3 is 15.4 Å². The van der Waals surface area contributed by atoms with Crippen LogP contribution in [0.4, 0.5) is 0 Å². The summed E-state index contributed by atoms with van der Waals surface area (Å²) in [6, 6.07) is 7.22. The largest absolute Gasteiger partial charge is 0.492 e. The number of hydrogen-bond donors (Lipinski definition) is 1. The Hall–Kier alpha value is -1.26. The highest BCUT2D eigenvalue weighted by atomic mass is 35.5. The van der Waals surface area contributed by atoms with E-state index in [4.69, 9.17) is 22.1 Å². The first-order valence-corrected chi connectivity index (χ1v) is 7.32. The lowest BCUT2D eigenvalue weighted by Crippen LogP contribution is -2.53. The Bertz CT molecular complexity index is 473. The Balaban J connectivity index is 1.80. The Morgan fingerprint density at radius 2 is 2.15 bits per heavy atom. The molecule has 0 radical (unpaired) electrons. The number of rotatable bonds is 5. The Morgan fingerprint density at radius 3 is 2.80 bits per heavy atom. The van der Waals surface area contributed by atoms with Crippen molar-refractivity contribution in [2.75, 3.05) is 20.2 Å². The van der Waals surface area contributed by atoms with Gasteiger partial charge in [0.05, 0.1) is 12.1 Å². The fourth-order valence-electron chi connectivity index (χ4n) is 2.56. The molecular formula is C15H21ClN2O2.